The third-order valence-electron chi connectivity index (χ3n) is 5.40. The molecule has 13 heteroatoms. The summed E-state index contributed by atoms with van der Waals surface area (Å²) in [6.45, 7) is -1.38. The van der Waals surface area contributed by atoms with Crippen molar-refractivity contribution in [2.24, 2.45) is 5.92 Å². The molecule has 0 bridgehead atoms. The molecule has 0 saturated carbocycles. The molecule has 0 unspecified atom stereocenters. The molecule has 10 nitrogen and oxygen atoms in total. The number of anilines is 1. The zero-order valence-electron chi connectivity index (χ0n) is 19.3. The minimum atomic E-state index is -3.89. The number of piperidine rings is 1. The van der Waals surface area contributed by atoms with Gasteiger partial charge in [0.25, 0.3) is 0 Å². The largest absolute Gasteiger partial charge is 0.462 e. The number of esters is 1. The number of halogens is 2. The fourth-order valence-corrected chi connectivity index (χ4v) is 4.94. The van der Waals surface area contributed by atoms with Gasteiger partial charge in [-0.3, -0.25) is 9.52 Å². The SMILES string of the molecule is CCOC(=O)c1cc(C#N)c(N2CCC(C(=O)NS(=O)(=O)Cc3ccccc3)CC2)nc1OC(F)F. The number of pyridine rings is 1. The number of sulfonamides is 1. The Morgan fingerprint density at radius 2 is 1.92 bits per heavy atom. The molecule has 1 saturated heterocycles. The van der Waals surface area contributed by atoms with E-state index in [1.54, 1.807) is 35.2 Å². The first kappa shape index (κ1) is 26.8. The molecule has 2 aromatic rings. The molecule has 0 radical (unpaired) electrons. The molecule has 192 valence electrons. The molecule has 2 heterocycles. The van der Waals surface area contributed by atoms with E-state index in [0.717, 1.165) is 6.07 Å². The highest BCUT2D eigenvalue weighted by Gasteiger charge is 2.31. The molecule has 1 fully saturated rings. The lowest BCUT2D eigenvalue weighted by Gasteiger charge is -2.32. The summed E-state index contributed by atoms with van der Waals surface area (Å²) in [5.74, 6) is -3.23. The summed E-state index contributed by atoms with van der Waals surface area (Å²) >= 11 is 0. The Hall–Kier alpha value is -3.79. The van der Waals surface area contributed by atoms with E-state index in [-0.39, 0.29) is 49.7 Å². The molecule has 36 heavy (non-hydrogen) atoms. The van der Waals surface area contributed by atoms with Gasteiger partial charge in [-0.15, -0.1) is 0 Å². The highest BCUT2D eigenvalue weighted by Crippen LogP contribution is 2.30. The first-order valence-corrected chi connectivity index (χ1v) is 12.7. The van der Waals surface area contributed by atoms with Crippen LogP contribution in [-0.4, -0.2) is 51.6 Å². The van der Waals surface area contributed by atoms with Gasteiger partial charge >= 0.3 is 12.6 Å². The van der Waals surface area contributed by atoms with Crippen LogP contribution < -0.4 is 14.4 Å². The molecule has 1 aromatic heterocycles. The van der Waals surface area contributed by atoms with Crippen molar-refractivity contribution in [1.29, 1.82) is 5.26 Å². The summed E-state index contributed by atoms with van der Waals surface area (Å²) in [7, 11) is -3.89. The van der Waals surface area contributed by atoms with Crippen molar-refractivity contribution in [3.63, 3.8) is 0 Å². The Balaban J connectivity index is 1.72. The number of hydrogen-bond acceptors (Lipinski definition) is 9. The lowest BCUT2D eigenvalue weighted by molar-refractivity contribution is -0.123. The summed E-state index contributed by atoms with van der Waals surface area (Å²) in [5.41, 5.74) is 0.0687. The van der Waals surface area contributed by atoms with Gasteiger partial charge in [0.1, 0.15) is 11.6 Å². The highest BCUT2D eigenvalue weighted by atomic mass is 32.2. The maximum absolute atomic E-state index is 12.9. The summed E-state index contributed by atoms with van der Waals surface area (Å²) in [6.07, 6.45) is 0.452. The van der Waals surface area contributed by atoms with Gasteiger partial charge in [-0.05, 0) is 31.4 Å². The molecule has 1 aliphatic rings. The first-order valence-electron chi connectivity index (χ1n) is 11.0. The Morgan fingerprint density at radius 3 is 2.50 bits per heavy atom. The fourth-order valence-electron chi connectivity index (χ4n) is 3.76. The normalized spacial score (nSPS) is 14.2. The van der Waals surface area contributed by atoms with E-state index in [1.807, 2.05) is 6.07 Å². The zero-order valence-corrected chi connectivity index (χ0v) is 20.1. The number of amides is 1. The molecule has 0 spiro atoms. The van der Waals surface area contributed by atoms with Gasteiger partial charge in [0.15, 0.2) is 5.82 Å². The van der Waals surface area contributed by atoms with E-state index in [4.69, 9.17) is 4.74 Å². The number of nitriles is 1. The number of ether oxygens (including phenoxy) is 2. The molecule has 1 aromatic carbocycles. The van der Waals surface area contributed by atoms with E-state index in [0.29, 0.717) is 5.56 Å². The molecule has 1 aliphatic heterocycles. The molecule has 1 N–H and O–H groups in total. The Kier molecular flexibility index (Phi) is 8.76. The second-order valence-corrected chi connectivity index (χ2v) is 9.62. The van der Waals surface area contributed by atoms with Gasteiger partial charge in [0.05, 0.1) is 17.9 Å². The van der Waals surface area contributed by atoms with E-state index < -0.39 is 45.9 Å². The maximum atomic E-state index is 12.9. The molecular weight excluding hydrogens is 498 g/mol. The molecule has 0 aliphatic carbocycles. The summed E-state index contributed by atoms with van der Waals surface area (Å²) < 4.78 is 62.0. The quantitative estimate of drug-likeness (QED) is 0.492. The Labute approximate surface area is 206 Å². The molecule has 0 atom stereocenters. The number of carbonyl (C=O) groups is 2. The van der Waals surface area contributed by atoms with Gasteiger partial charge in [0.2, 0.25) is 21.8 Å². The van der Waals surface area contributed by atoms with Crippen LogP contribution in [0.3, 0.4) is 0 Å². The van der Waals surface area contributed by atoms with Crippen LogP contribution in [0.15, 0.2) is 36.4 Å². The van der Waals surface area contributed by atoms with E-state index in [1.165, 1.54) is 6.92 Å². The number of nitrogens with one attached hydrogen (secondary N) is 1. The fraction of sp³-hybridized carbons (Fsp3) is 0.391. The average molecular weight is 523 g/mol. The molecule has 1 amide bonds. The second-order valence-electron chi connectivity index (χ2n) is 7.90. The average Bonchev–Trinajstić information content (AvgIpc) is 2.83. The Morgan fingerprint density at radius 1 is 1.25 bits per heavy atom. The van der Waals surface area contributed by atoms with Gasteiger partial charge in [-0.2, -0.15) is 19.0 Å². The minimum Gasteiger partial charge on any atom is -0.462 e. The number of carbonyl (C=O) groups excluding carboxylic acids is 2. The summed E-state index contributed by atoms with van der Waals surface area (Å²) in [6, 6.07) is 11.4. The van der Waals surface area contributed by atoms with Gasteiger partial charge in [-0.1, -0.05) is 30.3 Å². The lowest BCUT2D eigenvalue weighted by Crippen LogP contribution is -2.43. The van der Waals surface area contributed by atoms with Crippen LogP contribution in [0.2, 0.25) is 0 Å². The highest BCUT2D eigenvalue weighted by molar-refractivity contribution is 7.89. The maximum Gasteiger partial charge on any atom is 0.388 e. The van der Waals surface area contributed by atoms with Gasteiger partial charge in [-0.25, -0.2) is 13.2 Å². The zero-order chi connectivity index (χ0) is 26.3. The smallest absolute Gasteiger partial charge is 0.388 e. The number of aromatic nitrogens is 1. The van der Waals surface area contributed by atoms with Crippen LogP contribution in [0.4, 0.5) is 14.6 Å². The van der Waals surface area contributed by atoms with Gasteiger partial charge < -0.3 is 14.4 Å². The van der Waals surface area contributed by atoms with Crippen molar-refractivity contribution in [3.05, 3.63) is 53.1 Å². The first-order chi connectivity index (χ1) is 17.1. The van der Waals surface area contributed by atoms with Crippen LogP contribution >= 0.6 is 0 Å². The third kappa shape index (κ3) is 6.88. The number of nitrogens with zero attached hydrogens (tertiary/aromatic N) is 3. The van der Waals surface area contributed by atoms with Crippen LogP contribution in [0.5, 0.6) is 5.88 Å². The lowest BCUT2D eigenvalue weighted by atomic mass is 9.96. The van der Waals surface area contributed by atoms with Crippen molar-refractivity contribution in [1.82, 2.24) is 9.71 Å². The summed E-state index contributed by atoms with van der Waals surface area (Å²) in [5, 5.41) is 9.56. The Bertz CT molecular complexity index is 1240. The number of rotatable bonds is 9. The standard InChI is InChI=1S/C23H24F2N4O6S/c1-2-34-22(31)18-12-17(13-26)19(27-21(18)35-23(24)25)29-10-8-16(9-11-29)20(30)28-36(32,33)14-15-6-4-3-5-7-15/h3-7,12,16,23H,2,8-11,14H2,1H3,(H,28,30). The van der Waals surface area contributed by atoms with Crippen LogP contribution in [0.25, 0.3) is 0 Å². The molecule has 3 rings (SSSR count). The van der Waals surface area contributed by atoms with Crippen LogP contribution in [0.1, 0.15) is 41.3 Å². The van der Waals surface area contributed by atoms with E-state index in [9.17, 15) is 32.0 Å². The minimum absolute atomic E-state index is 0.0109. The number of benzene rings is 1. The van der Waals surface area contributed by atoms with Gasteiger partial charge in [0, 0.05) is 19.0 Å². The number of hydrogen-bond donors (Lipinski definition) is 1. The predicted molar refractivity (Wildman–Crippen MR) is 124 cm³/mol. The third-order valence-corrected chi connectivity index (χ3v) is 6.63. The monoisotopic (exact) mass is 522 g/mol. The van der Waals surface area contributed by atoms with E-state index in [2.05, 4.69) is 14.4 Å². The topological polar surface area (TPSA) is 139 Å². The molecular formula is C23H24F2N4O6S. The predicted octanol–water partition coefficient (Wildman–Crippen LogP) is 2.59. The van der Waals surface area contributed by atoms with Crippen LogP contribution in [0, 0.1) is 17.2 Å². The van der Waals surface area contributed by atoms with Crippen molar-refractivity contribution < 1.29 is 36.3 Å². The van der Waals surface area contributed by atoms with Crippen molar-refractivity contribution in [3.8, 4) is 11.9 Å². The van der Waals surface area contributed by atoms with Crippen molar-refractivity contribution in [2.45, 2.75) is 32.1 Å². The summed E-state index contributed by atoms with van der Waals surface area (Å²) in [4.78, 5) is 30.3. The van der Waals surface area contributed by atoms with E-state index >= 15 is 0 Å². The van der Waals surface area contributed by atoms with Crippen LogP contribution in [-0.2, 0) is 25.3 Å². The second kappa shape index (κ2) is 11.8. The number of alkyl halides is 2. The van der Waals surface area contributed by atoms with Crippen molar-refractivity contribution >= 4 is 27.7 Å². The van der Waals surface area contributed by atoms with Crippen molar-refractivity contribution in [2.75, 3.05) is 24.6 Å².